The summed E-state index contributed by atoms with van der Waals surface area (Å²) in [5.74, 6) is 0.965. The highest BCUT2D eigenvalue weighted by Gasteiger charge is 2.16. The van der Waals surface area contributed by atoms with Crippen molar-refractivity contribution in [2.24, 2.45) is 0 Å². The normalized spacial score (nSPS) is 11.8. The van der Waals surface area contributed by atoms with E-state index in [4.69, 9.17) is 4.42 Å². The zero-order chi connectivity index (χ0) is 17.9. The van der Waals surface area contributed by atoms with Crippen molar-refractivity contribution in [1.82, 2.24) is 9.71 Å². The first-order valence-electron chi connectivity index (χ1n) is 8.05. The van der Waals surface area contributed by atoms with E-state index in [1.165, 1.54) is 0 Å². The average Bonchev–Trinajstić information content (AvgIpc) is 3.15. The number of nitrogens with one attached hydrogen (secondary N) is 1. The smallest absolute Gasteiger partial charge is 0.240 e. The highest BCUT2D eigenvalue weighted by molar-refractivity contribution is 7.89. The largest absolute Gasteiger partial charge is 0.463 e. The van der Waals surface area contributed by atoms with Gasteiger partial charge in [0.15, 0.2) is 5.76 Å². The maximum Gasteiger partial charge on any atom is 0.240 e. The summed E-state index contributed by atoms with van der Waals surface area (Å²) < 4.78 is 33.1. The van der Waals surface area contributed by atoms with Crippen LogP contribution < -0.4 is 4.72 Å². The minimum Gasteiger partial charge on any atom is -0.463 e. The lowest BCUT2D eigenvalue weighted by molar-refractivity contribution is 0.575. The second-order valence-corrected chi connectivity index (χ2v) is 7.80. The topological polar surface area (TPSA) is 72.2 Å². The number of furan rings is 1. The van der Waals surface area contributed by atoms with Crippen LogP contribution in [0.5, 0.6) is 0 Å². The summed E-state index contributed by atoms with van der Waals surface area (Å²) in [5, 5.41) is 0. The van der Waals surface area contributed by atoms with Gasteiger partial charge in [0.2, 0.25) is 10.0 Å². The van der Waals surface area contributed by atoms with E-state index in [0.717, 1.165) is 11.1 Å². The van der Waals surface area contributed by atoms with E-state index in [9.17, 15) is 8.42 Å². The van der Waals surface area contributed by atoms with Gasteiger partial charge in [0.25, 0.3) is 0 Å². The van der Waals surface area contributed by atoms with Crippen LogP contribution in [0, 0.1) is 0 Å². The number of nitrogens with zero attached hydrogens (tertiary/aromatic N) is 1. The lowest BCUT2D eigenvalue weighted by Crippen LogP contribution is -2.23. The van der Waals surface area contributed by atoms with Gasteiger partial charge in [-0.3, -0.25) is 4.98 Å². The number of pyridine rings is 1. The summed E-state index contributed by atoms with van der Waals surface area (Å²) >= 11 is 0. The third kappa shape index (κ3) is 3.97. The molecule has 0 radical (unpaired) electrons. The van der Waals surface area contributed by atoms with E-state index in [1.807, 2.05) is 18.2 Å². The van der Waals surface area contributed by atoms with Gasteiger partial charge in [0.1, 0.15) is 5.69 Å². The summed E-state index contributed by atoms with van der Waals surface area (Å²) in [6, 6.07) is 14.1. The molecule has 0 aliphatic rings. The Morgan fingerprint density at radius 1 is 1.08 bits per heavy atom. The van der Waals surface area contributed by atoms with E-state index in [2.05, 4.69) is 23.6 Å². The Morgan fingerprint density at radius 3 is 2.48 bits per heavy atom. The lowest BCUT2D eigenvalue weighted by atomic mass is 10.0. The molecule has 5 nitrogen and oxygen atoms in total. The Hall–Kier alpha value is -2.44. The maximum absolute atomic E-state index is 12.5. The molecule has 3 aromatic rings. The Bertz CT molecular complexity index is 931. The molecule has 0 aliphatic carbocycles. The van der Waals surface area contributed by atoms with Crippen molar-refractivity contribution >= 4 is 10.0 Å². The zero-order valence-electron chi connectivity index (χ0n) is 14.1. The van der Waals surface area contributed by atoms with Crippen LogP contribution in [0.1, 0.15) is 30.9 Å². The standard InChI is InChI=1S/C19H20N2O3S/c1-14(2)15-7-9-17(10-8-15)25(22,23)21-13-16-5-3-11-20-19(16)18-6-4-12-24-18/h3-12,14,21H,13H2,1-2H3. The Labute approximate surface area is 147 Å². The molecule has 2 heterocycles. The molecule has 25 heavy (non-hydrogen) atoms. The van der Waals surface area contributed by atoms with Crippen LogP contribution in [0.4, 0.5) is 0 Å². The molecule has 1 N–H and O–H groups in total. The highest BCUT2D eigenvalue weighted by atomic mass is 32.2. The molecule has 0 amide bonds. The Kier molecular flexibility index (Phi) is 5.01. The van der Waals surface area contributed by atoms with Crippen molar-refractivity contribution in [3.63, 3.8) is 0 Å². The molecule has 1 aromatic carbocycles. The number of hydrogen-bond acceptors (Lipinski definition) is 4. The first kappa shape index (κ1) is 17.4. The summed E-state index contributed by atoms with van der Waals surface area (Å²) in [6.45, 7) is 4.28. The van der Waals surface area contributed by atoms with Gasteiger partial charge in [0, 0.05) is 12.7 Å². The fraction of sp³-hybridized carbons (Fsp3) is 0.211. The number of rotatable bonds is 6. The van der Waals surface area contributed by atoms with Gasteiger partial charge in [-0.25, -0.2) is 13.1 Å². The molecule has 0 bridgehead atoms. The van der Waals surface area contributed by atoms with E-state index in [-0.39, 0.29) is 11.4 Å². The molecular weight excluding hydrogens is 336 g/mol. The van der Waals surface area contributed by atoms with Crippen molar-refractivity contribution in [1.29, 1.82) is 0 Å². The van der Waals surface area contributed by atoms with Crippen LogP contribution in [0.15, 0.2) is 70.3 Å². The quantitative estimate of drug-likeness (QED) is 0.726. The molecule has 0 fully saturated rings. The summed E-state index contributed by atoms with van der Waals surface area (Å²) in [7, 11) is -3.59. The van der Waals surface area contributed by atoms with Crippen molar-refractivity contribution in [3.8, 4) is 11.5 Å². The Morgan fingerprint density at radius 2 is 1.84 bits per heavy atom. The molecule has 2 aromatic heterocycles. The van der Waals surface area contributed by atoms with Gasteiger partial charge in [-0.2, -0.15) is 0 Å². The number of aromatic nitrogens is 1. The minimum atomic E-state index is -3.59. The predicted octanol–water partition coefficient (Wildman–Crippen LogP) is 3.94. The molecule has 0 spiro atoms. The molecule has 0 atom stereocenters. The van der Waals surface area contributed by atoms with Crippen LogP contribution in [-0.2, 0) is 16.6 Å². The van der Waals surface area contributed by atoms with Gasteiger partial charge in [-0.15, -0.1) is 0 Å². The molecular formula is C19H20N2O3S. The third-order valence-corrected chi connectivity index (χ3v) is 5.37. The second-order valence-electron chi connectivity index (χ2n) is 6.04. The summed E-state index contributed by atoms with van der Waals surface area (Å²) in [5.41, 5.74) is 2.48. The molecule has 6 heteroatoms. The van der Waals surface area contributed by atoms with Gasteiger partial charge < -0.3 is 4.42 Å². The first-order valence-corrected chi connectivity index (χ1v) is 9.53. The fourth-order valence-corrected chi connectivity index (χ4v) is 3.51. The number of hydrogen-bond donors (Lipinski definition) is 1. The Balaban J connectivity index is 1.79. The number of benzene rings is 1. The van der Waals surface area contributed by atoms with Crippen molar-refractivity contribution in [3.05, 3.63) is 72.1 Å². The van der Waals surface area contributed by atoms with Crippen molar-refractivity contribution in [2.45, 2.75) is 31.2 Å². The second kappa shape index (κ2) is 7.21. The lowest BCUT2D eigenvalue weighted by Gasteiger charge is -2.10. The summed E-state index contributed by atoms with van der Waals surface area (Å²) in [4.78, 5) is 4.55. The fourth-order valence-electron chi connectivity index (χ4n) is 2.50. The van der Waals surface area contributed by atoms with Gasteiger partial charge in [0.05, 0.1) is 11.2 Å². The highest BCUT2D eigenvalue weighted by Crippen LogP contribution is 2.22. The van der Waals surface area contributed by atoms with E-state index in [1.54, 1.807) is 42.8 Å². The van der Waals surface area contributed by atoms with Crippen LogP contribution in [0.25, 0.3) is 11.5 Å². The third-order valence-electron chi connectivity index (χ3n) is 3.96. The van der Waals surface area contributed by atoms with Crippen molar-refractivity contribution in [2.75, 3.05) is 0 Å². The van der Waals surface area contributed by atoms with Crippen LogP contribution in [0.3, 0.4) is 0 Å². The zero-order valence-corrected chi connectivity index (χ0v) is 15.0. The van der Waals surface area contributed by atoms with Crippen LogP contribution in [-0.4, -0.2) is 13.4 Å². The summed E-state index contributed by atoms with van der Waals surface area (Å²) in [6.07, 6.45) is 3.22. The van der Waals surface area contributed by atoms with Crippen molar-refractivity contribution < 1.29 is 12.8 Å². The average molecular weight is 356 g/mol. The molecule has 3 rings (SSSR count). The minimum absolute atomic E-state index is 0.137. The molecule has 0 unspecified atom stereocenters. The van der Waals surface area contributed by atoms with Gasteiger partial charge >= 0.3 is 0 Å². The SMILES string of the molecule is CC(C)c1ccc(S(=O)(=O)NCc2cccnc2-c2ccco2)cc1. The van der Waals surface area contributed by atoms with Crippen LogP contribution in [0.2, 0.25) is 0 Å². The van der Waals surface area contributed by atoms with Gasteiger partial charge in [-0.1, -0.05) is 32.0 Å². The van der Waals surface area contributed by atoms with E-state index >= 15 is 0 Å². The van der Waals surface area contributed by atoms with E-state index in [0.29, 0.717) is 17.4 Å². The maximum atomic E-state index is 12.5. The molecule has 130 valence electrons. The number of sulfonamides is 1. The van der Waals surface area contributed by atoms with Gasteiger partial charge in [-0.05, 0) is 47.4 Å². The monoisotopic (exact) mass is 356 g/mol. The molecule has 0 aliphatic heterocycles. The first-order chi connectivity index (χ1) is 12.0. The van der Waals surface area contributed by atoms with E-state index < -0.39 is 10.0 Å². The molecule has 0 saturated heterocycles. The molecule has 0 saturated carbocycles. The van der Waals surface area contributed by atoms with Crippen LogP contribution >= 0.6 is 0 Å². The predicted molar refractivity (Wildman–Crippen MR) is 96.5 cm³/mol.